The molecule has 1 N–H and O–H groups in total. The number of halogens is 1. The third-order valence-electron chi connectivity index (χ3n) is 4.91. The third-order valence-corrected chi connectivity index (χ3v) is 5.56. The number of benzene rings is 2. The quantitative estimate of drug-likeness (QED) is 0.716. The van der Waals surface area contributed by atoms with Crippen molar-refractivity contribution < 1.29 is 14.3 Å². The number of hydrogen-bond donors (Lipinski definition) is 1. The van der Waals surface area contributed by atoms with E-state index >= 15 is 0 Å². The van der Waals surface area contributed by atoms with Crippen LogP contribution in [-0.2, 0) is 19.7 Å². The summed E-state index contributed by atoms with van der Waals surface area (Å²) in [7, 11) is 0. The van der Waals surface area contributed by atoms with Gasteiger partial charge < -0.3 is 10.1 Å². The molecule has 1 amide bonds. The van der Waals surface area contributed by atoms with Crippen LogP contribution in [0.15, 0.2) is 53.0 Å². The fourth-order valence-corrected chi connectivity index (χ4v) is 4.12. The van der Waals surface area contributed by atoms with E-state index in [1.54, 1.807) is 0 Å². The first-order valence-corrected chi connectivity index (χ1v) is 9.59. The van der Waals surface area contributed by atoms with Crippen molar-refractivity contribution >= 4 is 33.5 Å². The smallest absolute Gasteiger partial charge is 0.317 e. The van der Waals surface area contributed by atoms with Gasteiger partial charge in [0.05, 0.1) is 11.1 Å². The van der Waals surface area contributed by atoms with E-state index in [0.29, 0.717) is 5.69 Å². The van der Waals surface area contributed by atoms with Crippen molar-refractivity contribution in [1.82, 2.24) is 0 Å². The maximum atomic E-state index is 12.8. The molecule has 1 fully saturated rings. The molecule has 1 aliphatic rings. The fraction of sp³-hybridized carbons (Fsp3) is 0.333. The molecule has 5 heteroatoms. The van der Waals surface area contributed by atoms with E-state index < -0.39 is 5.41 Å². The van der Waals surface area contributed by atoms with Crippen LogP contribution in [0.2, 0.25) is 0 Å². The summed E-state index contributed by atoms with van der Waals surface area (Å²) < 4.78 is 6.21. The molecule has 4 nitrogen and oxygen atoms in total. The first-order chi connectivity index (χ1) is 12.5. The molecular formula is C21H22BrNO3. The highest BCUT2D eigenvalue weighted by Crippen LogP contribution is 2.42. The molecule has 0 heterocycles. The first kappa shape index (κ1) is 18.6. The van der Waals surface area contributed by atoms with E-state index in [9.17, 15) is 9.59 Å². The number of hydrogen-bond acceptors (Lipinski definition) is 3. The van der Waals surface area contributed by atoms with Crippen molar-refractivity contribution in [2.45, 2.75) is 38.0 Å². The molecule has 0 saturated heterocycles. The number of esters is 1. The standard InChI is InChI=1S/C21H22BrNO3/c1-15-9-10-18(17(22)13-15)23-19(24)14-26-20(25)21(11-5-6-12-21)16-7-3-2-4-8-16/h2-4,7-10,13H,5-6,11-12,14H2,1H3,(H,23,24). The van der Waals surface area contributed by atoms with Crippen LogP contribution in [0.4, 0.5) is 5.69 Å². The molecule has 0 spiro atoms. The number of carbonyl (C=O) groups is 2. The number of nitrogens with one attached hydrogen (secondary N) is 1. The summed E-state index contributed by atoms with van der Waals surface area (Å²) in [4.78, 5) is 25.0. The second kappa shape index (κ2) is 8.04. The predicted octanol–water partition coefficient (Wildman–Crippen LogP) is 4.75. The Balaban J connectivity index is 1.64. The Morgan fingerprint density at radius 1 is 1.12 bits per heavy atom. The maximum absolute atomic E-state index is 12.8. The maximum Gasteiger partial charge on any atom is 0.317 e. The van der Waals surface area contributed by atoms with E-state index in [-0.39, 0.29) is 18.5 Å². The van der Waals surface area contributed by atoms with E-state index in [0.717, 1.165) is 41.3 Å². The second-order valence-electron chi connectivity index (χ2n) is 6.76. The highest BCUT2D eigenvalue weighted by molar-refractivity contribution is 9.10. The third kappa shape index (κ3) is 3.98. The van der Waals surface area contributed by atoms with Crippen LogP contribution in [-0.4, -0.2) is 18.5 Å². The fourth-order valence-electron chi connectivity index (χ4n) is 3.52. The Morgan fingerprint density at radius 3 is 2.46 bits per heavy atom. The summed E-state index contributed by atoms with van der Waals surface area (Å²) in [5.41, 5.74) is 2.11. The number of aryl methyl sites for hydroxylation is 1. The zero-order valence-corrected chi connectivity index (χ0v) is 16.3. The molecule has 2 aromatic rings. The topological polar surface area (TPSA) is 55.4 Å². The minimum Gasteiger partial charge on any atom is -0.455 e. The van der Waals surface area contributed by atoms with Gasteiger partial charge in [0.15, 0.2) is 6.61 Å². The molecule has 0 aromatic heterocycles. The van der Waals surface area contributed by atoms with Gasteiger partial charge in [-0.15, -0.1) is 0 Å². The largest absolute Gasteiger partial charge is 0.455 e. The van der Waals surface area contributed by atoms with Gasteiger partial charge in [-0.05, 0) is 59.0 Å². The van der Waals surface area contributed by atoms with Crippen LogP contribution in [0.1, 0.15) is 36.8 Å². The van der Waals surface area contributed by atoms with Gasteiger partial charge in [-0.1, -0.05) is 49.2 Å². The van der Waals surface area contributed by atoms with Crippen LogP contribution in [0, 0.1) is 6.92 Å². The van der Waals surface area contributed by atoms with E-state index in [4.69, 9.17) is 4.74 Å². The molecular weight excluding hydrogens is 394 g/mol. The highest BCUT2D eigenvalue weighted by atomic mass is 79.9. The van der Waals surface area contributed by atoms with Crippen molar-refractivity contribution in [3.8, 4) is 0 Å². The lowest BCUT2D eigenvalue weighted by Crippen LogP contribution is -2.36. The number of amides is 1. The van der Waals surface area contributed by atoms with Crippen LogP contribution < -0.4 is 5.32 Å². The highest BCUT2D eigenvalue weighted by Gasteiger charge is 2.44. The molecule has 0 aliphatic heterocycles. The van der Waals surface area contributed by atoms with E-state index in [2.05, 4.69) is 21.2 Å². The minimum absolute atomic E-state index is 0.284. The molecule has 2 aromatic carbocycles. The molecule has 0 bridgehead atoms. The SMILES string of the molecule is Cc1ccc(NC(=O)COC(=O)C2(c3ccccc3)CCCC2)c(Br)c1. The predicted molar refractivity (Wildman–Crippen MR) is 105 cm³/mol. The molecule has 1 saturated carbocycles. The van der Waals surface area contributed by atoms with E-state index in [1.807, 2.05) is 55.5 Å². The van der Waals surface area contributed by atoms with Gasteiger partial charge in [-0.3, -0.25) is 9.59 Å². The Morgan fingerprint density at radius 2 is 1.81 bits per heavy atom. The molecule has 0 radical (unpaired) electrons. The summed E-state index contributed by atoms with van der Waals surface area (Å²) in [6.07, 6.45) is 3.51. The molecule has 0 unspecified atom stereocenters. The average molecular weight is 416 g/mol. The summed E-state index contributed by atoms with van der Waals surface area (Å²) >= 11 is 3.43. The number of anilines is 1. The zero-order chi connectivity index (χ0) is 18.6. The van der Waals surface area contributed by atoms with Crippen LogP contribution in [0.5, 0.6) is 0 Å². The lowest BCUT2D eigenvalue weighted by Gasteiger charge is -2.27. The summed E-state index contributed by atoms with van der Waals surface area (Å²) in [6, 6.07) is 15.4. The Kier molecular flexibility index (Phi) is 5.77. The minimum atomic E-state index is -0.619. The average Bonchev–Trinajstić information content (AvgIpc) is 3.14. The van der Waals surface area contributed by atoms with Crippen molar-refractivity contribution in [3.05, 3.63) is 64.1 Å². The number of rotatable bonds is 5. The van der Waals surface area contributed by atoms with Crippen LogP contribution in [0.3, 0.4) is 0 Å². The van der Waals surface area contributed by atoms with Crippen molar-refractivity contribution in [1.29, 1.82) is 0 Å². The van der Waals surface area contributed by atoms with Crippen molar-refractivity contribution in [3.63, 3.8) is 0 Å². The number of carbonyl (C=O) groups excluding carboxylic acids is 2. The summed E-state index contributed by atoms with van der Waals surface area (Å²) in [5, 5.41) is 2.77. The normalized spacial score (nSPS) is 15.5. The lowest BCUT2D eigenvalue weighted by molar-refractivity contribution is -0.153. The molecule has 0 atom stereocenters. The Labute approximate surface area is 162 Å². The summed E-state index contributed by atoms with van der Waals surface area (Å²) in [6.45, 7) is 1.69. The van der Waals surface area contributed by atoms with Gasteiger partial charge in [-0.2, -0.15) is 0 Å². The Bertz CT molecular complexity index is 798. The van der Waals surface area contributed by atoms with Crippen LogP contribution in [0.25, 0.3) is 0 Å². The van der Waals surface area contributed by atoms with Gasteiger partial charge in [0, 0.05) is 4.47 Å². The van der Waals surface area contributed by atoms with Crippen molar-refractivity contribution in [2.24, 2.45) is 0 Å². The monoisotopic (exact) mass is 415 g/mol. The lowest BCUT2D eigenvalue weighted by atomic mass is 9.79. The van der Waals surface area contributed by atoms with Gasteiger partial charge in [0.1, 0.15) is 0 Å². The number of ether oxygens (including phenoxy) is 1. The van der Waals surface area contributed by atoms with Gasteiger partial charge in [-0.25, -0.2) is 0 Å². The van der Waals surface area contributed by atoms with Crippen LogP contribution >= 0.6 is 15.9 Å². The summed E-state index contributed by atoms with van der Waals surface area (Å²) in [5.74, 6) is -0.650. The van der Waals surface area contributed by atoms with Gasteiger partial charge in [0.25, 0.3) is 5.91 Å². The molecule has 136 valence electrons. The van der Waals surface area contributed by atoms with Gasteiger partial charge >= 0.3 is 5.97 Å². The molecule has 26 heavy (non-hydrogen) atoms. The molecule has 3 rings (SSSR count). The second-order valence-corrected chi connectivity index (χ2v) is 7.62. The van der Waals surface area contributed by atoms with E-state index in [1.165, 1.54) is 0 Å². The zero-order valence-electron chi connectivity index (χ0n) is 14.8. The molecule has 1 aliphatic carbocycles. The Hall–Kier alpha value is -2.14. The van der Waals surface area contributed by atoms with Crippen molar-refractivity contribution in [2.75, 3.05) is 11.9 Å². The first-order valence-electron chi connectivity index (χ1n) is 8.80. The van der Waals surface area contributed by atoms with Gasteiger partial charge in [0.2, 0.25) is 0 Å².